The van der Waals surface area contributed by atoms with Crippen molar-refractivity contribution in [2.45, 2.75) is 6.92 Å². The second-order valence-corrected chi connectivity index (χ2v) is 5.83. The SMILES string of the molecule is Cc1nn2c3c(nnc2c1-c1ccccc1)C(=O)c1ccccc1-3. The van der Waals surface area contributed by atoms with Crippen LogP contribution in [-0.2, 0) is 0 Å². The summed E-state index contributed by atoms with van der Waals surface area (Å²) < 4.78 is 1.75. The maximum atomic E-state index is 12.5. The number of ketones is 1. The summed E-state index contributed by atoms with van der Waals surface area (Å²) in [6.07, 6.45) is 0. The lowest BCUT2D eigenvalue weighted by molar-refractivity contribution is 0.103. The molecular formula is C19H12N4O. The van der Waals surface area contributed by atoms with E-state index in [0.717, 1.165) is 28.1 Å². The molecule has 0 aliphatic heterocycles. The molecule has 5 heteroatoms. The van der Waals surface area contributed by atoms with E-state index in [1.807, 2.05) is 61.5 Å². The Bertz CT molecular complexity index is 1130. The van der Waals surface area contributed by atoms with Gasteiger partial charge in [-0.25, -0.2) is 4.52 Å². The van der Waals surface area contributed by atoms with Crippen molar-refractivity contribution in [1.29, 1.82) is 0 Å². The predicted molar refractivity (Wildman–Crippen MR) is 89.8 cm³/mol. The summed E-state index contributed by atoms with van der Waals surface area (Å²) in [4.78, 5) is 12.5. The van der Waals surface area contributed by atoms with Gasteiger partial charge in [0.1, 0.15) is 5.69 Å². The summed E-state index contributed by atoms with van der Waals surface area (Å²) in [5, 5.41) is 13.2. The van der Waals surface area contributed by atoms with Crippen LogP contribution in [0.25, 0.3) is 28.0 Å². The Morgan fingerprint density at radius 3 is 2.38 bits per heavy atom. The lowest BCUT2D eigenvalue weighted by atomic mass is 10.1. The Labute approximate surface area is 137 Å². The first-order valence-corrected chi connectivity index (χ1v) is 7.71. The number of fused-ring (bicyclic) bond motifs is 5. The van der Waals surface area contributed by atoms with Crippen molar-refractivity contribution in [3.63, 3.8) is 0 Å². The minimum atomic E-state index is -0.0931. The Hall–Kier alpha value is -3.34. The molecule has 0 spiro atoms. The summed E-state index contributed by atoms with van der Waals surface area (Å²) in [6.45, 7) is 1.95. The molecule has 5 nitrogen and oxygen atoms in total. The quantitative estimate of drug-likeness (QED) is 0.476. The van der Waals surface area contributed by atoms with E-state index in [1.54, 1.807) is 4.52 Å². The van der Waals surface area contributed by atoms with Gasteiger partial charge in [-0.3, -0.25) is 4.79 Å². The van der Waals surface area contributed by atoms with Crippen LogP contribution in [0.2, 0.25) is 0 Å². The van der Waals surface area contributed by atoms with E-state index in [9.17, 15) is 4.79 Å². The minimum Gasteiger partial charge on any atom is -0.287 e. The number of benzene rings is 2. The van der Waals surface area contributed by atoms with Crippen LogP contribution < -0.4 is 0 Å². The highest BCUT2D eigenvalue weighted by atomic mass is 16.1. The van der Waals surface area contributed by atoms with Gasteiger partial charge in [0.05, 0.1) is 11.3 Å². The van der Waals surface area contributed by atoms with Crippen LogP contribution in [-0.4, -0.2) is 25.6 Å². The second-order valence-electron chi connectivity index (χ2n) is 5.83. The number of rotatable bonds is 1. The van der Waals surface area contributed by atoms with Crippen molar-refractivity contribution >= 4 is 11.4 Å². The first-order chi connectivity index (χ1) is 11.8. The largest absolute Gasteiger partial charge is 0.287 e. The van der Waals surface area contributed by atoms with Gasteiger partial charge in [0, 0.05) is 11.1 Å². The molecule has 0 N–H and O–H groups in total. The zero-order valence-corrected chi connectivity index (χ0v) is 12.9. The average Bonchev–Trinajstić information content (AvgIpc) is 3.10. The van der Waals surface area contributed by atoms with Crippen LogP contribution in [0.1, 0.15) is 21.7 Å². The van der Waals surface area contributed by atoms with Gasteiger partial charge in [-0.1, -0.05) is 54.6 Å². The third kappa shape index (κ3) is 1.58. The third-order valence-corrected chi connectivity index (χ3v) is 4.42. The Kier molecular flexibility index (Phi) is 2.51. The summed E-state index contributed by atoms with van der Waals surface area (Å²) >= 11 is 0. The molecule has 2 heterocycles. The molecule has 0 radical (unpaired) electrons. The number of carbonyl (C=O) groups is 1. The number of aryl methyl sites for hydroxylation is 1. The molecule has 0 bridgehead atoms. The fourth-order valence-corrected chi connectivity index (χ4v) is 3.36. The van der Waals surface area contributed by atoms with Gasteiger partial charge in [-0.05, 0) is 12.5 Å². The van der Waals surface area contributed by atoms with Crippen LogP contribution in [0.5, 0.6) is 0 Å². The third-order valence-electron chi connectivity index (χ3n) is 4.42. The Balaban J connectivity index is 1.89. The lowest BCUT2D eigenvalue weighted by Crippen LogP contribution is -2.04. The lowest BCUT2D eigenvalue weighted by Gasteiger charge is -2.03. The molecule has 24 heavy (non-hydrogen) atoms. The molecule has 0 saturated carbocycles. The number of carbonyl (C=O) groups excluding carboxylic acids is 1. The average molecular weight is 312 g/mol. The van der Waals surface area contributed by atoms with Crippen LogP contribution in [0, 0.1) is 6.92 Å². The molecule has 5 rings (SSSR count). The molecule has 0 atom stereocenters. The molecule has 0 unspecified atom stereocenters. The fraction of sp³-hybridized carbons (Fsp3) is 0.0526. The fourth-order valence-electron chi connectivity index (χ4n) is 3.36. The number of hydrogen-bond acceptors (Lipinski definition) is 4. The van der Waals surface area contributed by atoms with Crippen molar-refractivity contribution in [2.75, 3.05) is 0 Å². The van der Waals surface area contributed by atoms with Crippen LogP contribution >= 0.6 is 0 Å². The van der Waals surface area contributed by atoms with E-state index in [2.05, 4.69) is 15.3 Å². The van der Waals surface area contributed by atoms with Gasteiger partial charge < -0.3 is 0 Å². The Morgan fingerprint density at radius 1 is 0.875 bits per heavy atom. The van der Waals surface area contributed by atoms with E-state index < -0.39 is 0 Å². The van der Waals surface area contributed by atoms with Crippen LogP contribution in [0.3, 0.4) is 0 Å². The van der Waals surface area contributed by atoms with Crippen LogP contribution in [0.15, 0.2) is 54.6 Å². The van der Waals surface area contributed by atoms with E-state index in [-0.39, 0.29) is 5.78 Å². The molecule has 2 aromatic carbocycles. The Morgan fingerprint density at radius 2 is 1.58 bits per heavy atom. The summed E-state index contributed by atoms with van der Waals surface area (Å²) in [5.74, 6) is -0.0931. The number of aromatic nitrogens is 4. The minimum absolute atomic E-state index is 0.0931. The number of nitrogens with zero attached hydrogens (tertiary/aromatic N) is 4. The van der Waals surface area contributed by atoms with Gasteiger partial charge in [-0.15, -0.1) is 10.2 Å². The molecule has 0 fully saturated rings. The molecule has 0 saturated heterocycles. The molecule has 0 amide bonds. The molecule has 1 aliphatic rings. The highest BCUT2D eigenvalue weighted by Crippen LogP contribution is 2.37. The molecule has 2 aromatic heterocycles. The number of hydrogen-bond donors (Lipinski definition) is 0. The van der Waals surface area contributed by atoms with Crippen molar-refractivity contribution in [3.8, 4) is 22.4 Å². The summed E-state index contributed by atoms with van der Waals surface area (Å²) in [6, 6.07) is 17.5. The van der Waals surface area contributed by atoms with Crippen molar-refractivity contribution in [3.05, 3.63) is 71.5 Å². The standard InChI is InChI=1S/C19H12N4O/c1-11-15(12-7-3-2-4-8-12)19-21-20-16-17(23(19)22-11)13-9-5-6-10-14(13)18(16)24/h2-10H,1H3. The monoisotopic (exact) mass is 312 g/mol. The van der Waals surface area contributed by atoms with Crippen molar-refractivity contribution in [1.82, 2.24) is 19.8 Å². The molecule has 4 aromatic rings. The second kappa shape index (κ2) is 4.58. The van der Waals surface area contributed by atoms with E-state index in [4.69, 9.17) is 0 Å². The molecule has 114 valence electrons. The van der Waals surface area contributed by atoms with Crippen molar-refractivity contribution < 1.29 is 4.79 Å². The first kappa shape index (κ1) is 13.1. The molecule has 1 aliphatic carbocycles. The van der Waals surface area contributed by atoms with Gasteiger partial charge >= 0.3 is 0 Å². The smallest absolute Gasteiger partial charge is 0.216 e. The predicted octanol–water partition coefficient (Wildman–Crippen LogP) is 3.31. The zero-order chi connectivity index (χ0) is 16.3. The first-order valence-electron chi connectivity index (χ1n) is 7.71. The topological polar surface area (TPSA) is 60.1 Å². The normalized spacial score (nSPS) is 12.5. The van der Waals surface area contributed by atoms with Gasteiger partial charge in [0.25, 0.3) is 0 Å². The molecular weight excluding hydrogens is 300 g/mol. The maximum Gasteiger partial charge on any atom is 0.216 e. The van der Waals surface area contributed by atoms with E-state index >= 15 is 0 Å². The van der Waals surface area contributed by atoms with Crippen molar-refractivity contribution in [2.24, 2.45) is 0 Å². The zero-order valence-electron chi connectivity index (χ0n) is 12.9. The summed E-state index contributed by atoms with van der Waals surface area (Å²) in [7, 11) is 0. The highest BCUT2D eigenvalue weighted by molar-refractivity contribution is 6.20. The maximum absolute atomic E-state index is 12.5. The van der Waals surface area contributed by atoms with Gasteiger partial charge in [0.2, 0.25) is 5.78 Å². The van der Waals surface area contributed by atoms with E-state index in [0.29, 0.717) is 16.9 Å². The van der Waals surface area contributed by atoms with Gasteiger partial charge in [0.15, 0.2) is 11.3 Å². The van der Waals surface area contributed by atoms with Gasteiger partial charge in [-0.2, -0.15) is 5.10 Å². The highest BCUT2D eigenvalue weighted by Gasteiger charge is 2.32. The van der Waals surface area contributed by atoms with E-state index in [1.165, 1.54) is 0 Å². The summed E-state index contributed by atoms with van der Waals surface area (Å²) in [5.41, 5.74) is 6.13. The van der Waals surface area contributed by atoms with Crippen LogP contribution in [0.4, 0.5) is 0 Å².